The Morgan fingerprint density at radius 2 is 1.70 bits per heavy atom. The molecule has 2 aromatic heterocycles. The lowest BCUT2D eigenvalue weighted by molar-refractivity contribution is -0.192. The van der Waals surface area contributed by atoms with Gasteiger partial charge in [-0.15, -0.1) is 0 Å². The van der Waals surface area contributed by atoms with Crippen molar-refractivity contribution >= 4 is 17.7 Å². The zero-order valence-electron chi connectivity index (χ0n) is 13.2. The van der Waals surface area contributed by atoms with Crippen LogP contribution in [0.1, 0.15) is 16.1 Å². The Kier molecular flexibility index (Phi) is 7.60. The van der Waals surface area contributed by atoms with Crippen LogP contribution in [-0.2, 0) is 4.79 Å². The van der Waals surface area contributed by atoms with Crippen LogP contribution in [0, 0.1) is 0 Å². The minimum Gasteiger partial charge on any atom is -0.478 e. The van der Waals surface area contributed by atoms with Gasteiger partial charge in [-0.1, -0.05) is 5.16 Å². The molecule has 0 fully saturated rings. The fraction of sp³-hybridized carbons (Fsp3) is 0.143. The number of pyridine rings is 1. The van der Waals surface area contributed by atoms with E-state index in [-0.39, 0.29) is 29.6 Å². The van der Waals surface area contributed by atoms with Crippen molar-refractivity contribution in [3.63, 3.8) is 0 Å². The van der Waals surface area contributed by atoms with E-state index in [4.69, 9.17) is 25.0 Å². The fourth-order valence-corrected chi connectivity index (χ4v) is 1.37. The normalized spacial score (nSPS) is 11.1. The Labute approximate surface area is 148 Å². The van der Waals surface area contributed by atoms with Gasteiger partial charge in [-0.2, -0.15) is 13.2 Å². The van der Waals surface area contributed by atoms with Crippen LogP contribution in [0.4, 0.5) is 13.2 Å². The van der Waals surface area contributed by atoms with Crippen molar-refractivity contribution in [2.75, 3.05) is 6.61 Å². The summed E-state index contributed by atoms with van der Waals surface area (Å²) in [4.78, 5) is 31.4. The minimum atomic E-state index is -5.08. The van der Waals surface area contributed by atoms with E-state index in [1.54, 1.807) is 6.07 Å². The lowest BCUT2D eigenvalue weighted by Gasteiger charge is -2.06. The largest absolute Gasteiger partial charge is 0.490 e. The summed E-state index contributed by atoms with van der Waals surface area (Å²) in [5, 5.41) is 28.0. The second-order valence-electron chi connectivity index (χ2n) is 4.40. The van der Waals surface area contributed by atoms with E-state index < -0.39 is 18.1 Å². The predicted octanol–water partition coefficient (Wildman–Crippen LogP) is 1.46. The molecule has 0 saturated heterocycles. The number of carbonyl (C=O) groups is 2. The molecule has 0 spiro atoms. The maximum atomic E-state index is 10.9. The van der Waals surface area contributed by atoms with Crippen molar-refractivity contribution in [1.82, 2.24) is 15.0 Å². The molecule has 0 amide bonds. The first kappa shape index (κ1) is 21.3. The van der Waals surface area contributed by atoms with E-state index in [0.29, 0.717) is 0 Å². The monoisotopic (exact) mass is 388 g/mol. The Morgan fingerprint density at radius 1 is 1.11 bits per heavy atom. The van der Waals surface area contributed by atoms with Crippen LogP contribution in [0.5, 0.6) is 6.01 Å². The molecule has 0 aliphatic rings. The van der Waals surface area contributed by atoms with Crippen LogP contribution in [-0.4, -0.2) is 60.8 Å². The topological polar surface area (TPSA) is 155 Å². The molecule has 0 bridgehead atoms. The molecule has 10 nitrogen and oxygen atoms in total. The summed E-state index contributed by atoms with van der Waals surface area (Å²) in [6, 6.07) is 4.36. The van der Waals surface area contributed by atoms with Crippen molar-refractivity contribution in [2.45, 2.75) is 6.18 Å². The molecule has 0 aliphatic carbocycles. The highest BCUT2D eigenvalue weighted by atomic mass is 19.4. The summed E-state index contributed by atoms with van der Waals surface area (Å²) >= 11 is 0. The molecule has 0 aliphatic heterocycles. The number of alkyl halides is 3. The number of nitrogens with zero attached hydrogens (tertiary/aromatic N) is 4. The van der Waals surface area contributed by atoms with Gasteiger partial charge in [0.2, 0.25) is 0 Å². The number of aromatic carboxylic acids is 1. The summed E-state index contributed by atoms with van der Waals surface area (Å²) in [7, 11) is 0. The van der Waals surface area contributed by atoms with Crippen LogP contribution in [0.15, 0.2) is 41.9 Å². The van der Waals surface area contributed by atoms with E-state index in [9.17, 15) is 18.0 Å². The zero-order valence-corrected chi connectivity index (χ0v) is 13.2. The molecule has 2 aromatic rings. The van der Waals surface area contributed by atoms with E-state index in [1.165, 1.54) is 30.7 Å². The summed E-state index contributed by atoms with van der Waals surface area (Å²) in [6.07, 6.45) is -0.772. The number of carboxylic acid groups (broad SMARTS) is 2. The molecule has 13 heteroatoms. The maximum Gasteiger partial charge on any atom is 0.490 e. The van der Waals surface area contributed by atoms with Crippen LogP contribution in [0.2, 0.25) is 0 Å². The van der Waals surface area contributed by atoms with Gasteiger partial charge in [-0.05, 0) is 18.2 Å². The quantitative estimate of drug-likeness (QED) is 0.392. The Bertz CT molecular complexity index is 814. The average Bonchev–Trinajstić information content (AvgIpc) is 2.63. The molecule has 0 atom stereocenters. The highest BCUT2D eigenvalue weighted by Gasteiger charge is 2.38. The molecule has 2 heterocycles. The number of carboxylic acids is 2. The molecule has 144 valence electrons. The number of halogens is 3. The standard InChI is InChI=1S/C12H10N4O4.C2HF3O2/c17-11(18)8-2-5-13-9(6-8)10(16-19)7-20-12-14-3-1-4-15-12;3-2(4,5)1(6)7/h1-6,19H,7H2,(H,17,18);(H,6,7)/b16-10+;. The first-order valence-corrected chi connectivity index (χ1v) is 6.75. The molecule has 27 heavy (non-hydrogen) atoms. The molecule has 0 aromatic carbocycles. The number of rotatable bonds is 5. The van der Waals surface area contributed by atoms with Gasteiger partial charge in [0, 0.05) is 18.6 Å². The zero-order chi connectivity index (χ0) is 20.4. The lowest BCUT2D eigenvalue weighted by Crippen LogP contribution is -2.21. The SMILES string of the molecule is O=C(O)C(F)(F)F.O=C(O)c1ccnc(/C(COc2ncccn2)=N/O)c1. The van der Waals surface area contributed by atoms with E-state index in [1.807, 2.05) is 0 Å². The van der Waals surface area contributed by atoms with E-state index in [2.05, 4.69) is 20.1 Å². The summed E-state index contributed by atoms with van der Waals surface area (Å²) < 4.78 is 36.9. The second-order valence-corrected chi connectivity index (χ2v) is 4.40. The van der Waals surface area contributed by atoms with Crippen LogP contribution < -0.4 is 4.74 Å². The average molecular weight is 388 g/mol. The molecule has 3 N–H and O–H groups in total. The van der Waals surface area contributed by atoms with Crippen molar-refractivity contribution in [1.29, 1.82) is 0 Å². The number of aliphatic carboxylic acids is 1. The van der Waals surface area contributed by atoms with Crippen molar-refractivity contribution in [3.8, 4) is 6.01 Å². The number of aromatic nitrogens is 3. The smallest absolute Gasteiger partial charge is 0.478 e. The van der Waals surface area contributed by atoms with E-state index >= 15 is 0 Å². The summed E-state index contributed by atoms with van der Waals surface area (Å²) in [5.74, 6) is -3.86. The number of oxime groups is 1. The number of hydrogen-bond acceptors (Lipinski definition) is 8. The van der Waals surface area contributed by atoms with Gasteiger partial charge in [0.1, 0.15) is 12.3 Å². The Morgan fingerprint density at radius 3 is 2.19 bits per heavy atom. The third-order valence-corrected chi connectivity index (χ3v) is 2.55. The molecular weight excluding hydrogens is 377 g/mol. The van der Waals surface area contributed by atoms with Crippen LogP contribution in [0.25, 0.3) is 0 Å². The van der Waals surface area contributed by atoms with Gasteiger partial charge in [0.25, 0.3) is 0 Å². The maximum absolute atomic E-state index is 10.9. The lowest BCUT2D eigenvalue weighted by atomic mass is 10.2. The first-order valence-electron chi connectivity index (χ1n) is 6.75. The van der Waals surface area contributed by atoms with Crippen molar-refractivity contribution in [2.24, 2.45) is 5.16 Å². The highest BCUT2D eigenvalue weighted by molar-refractivity contribution is 6.01. The van der Waals surface area contributed by atoms with Crippen LogP contribution >= 0.6 is 0 Å². The fourth-order valence-electron chi connectivity index (χ4n) is 1.37. The van der Waals surface area contributed by atoms with Crippen LogP contribution in [0.3, 0.4) is 0 Å². The van der Waals surface area contributed by atoms with Gasteiger partial charge in [-0.25, -0.2) is 19.6 Å². The highest BCUT2D eigenvalue weighted by Crippen LogP contribution is 2.13. The molecule has 0 saturated carbocycles. The third kappa shape index (κ3) is 7.33. The first-order chi connectivity index (χ1) is 12.6. The van der Waals surface area contributed by atoms with Crippen molar-refractivity contribution < 1.29 is 42.9 Å². The third-order valence-electron chi connectivity index (χ3n) is 2.55. The molecular formula is C14H11F3N4O6. The number of ether oxygens (including phenoxy) is 1. The van der Waals surface area contributed by atoms with Crippen molar-refractivity contribution in [3.05, 3.63) is 48.0 Å². The molecule has 2 rings (SSSR count). The Hall–Kier alpha value is -3.77. The van der Waals surface area contributed by atoms with Gasteiger partial charge in [-0.3, -0.25) is 4.98 Å². The predicted molar refractivity (Wildman–Crippen MR) is 80.7 cm³/mol. The summed E-state index contributed by atoms with van der Waals surface area (Å²) in [5.41, 5.74) is 0.302. The van der Waals surface area contributed by atoms with Gasteiger partial charge in [0.05, 0.1) is 11.3 Å². The van der Waals surface area contributed by atoms with Gasteiger partial charge in [0.15, 0.2) is 0 Å². The minimum absolute atomic E-state index is 0.0344. The molecule has 0 radical (unpaired) electrons. The van der Waals surface area contributed by atoms with Gasteiger partial charge >= 0.3 is 24.1 Å². The van der Waals surface area contributed by atoms with Gasteiger partial charge < -0.3 is 20.2 Å². The number of hydrogen-bond donors (Lipinski definition) is 3. The second kappa shape index (κ2) is 9.65. The molecule has 0 unspecified atom stereocenters. The van der Waals surface area contributed by atoms with E-state index in [0.717, 1.165) is 0 Å². The summed E-state index contributed by atoms with van der Waals surface area (Å²) in [6.45, 7) is -0.142. The Balaban J connectivity index is 0.000000445.